The van der Waals surface area contributed by atoms with Crippen LogP contribution in [0.15, 0.2) is 72.8 Å². The van der Waals surface area contributed by atoms with Crippen LogP contribution < -0.4 is 5.73 Å². The van der Waals surface area contributed by atoms with E-state index in [1.165, 1.54) is 16.3 Å². The van der Waals surface area contributed by atoms with Crippen molar-refractivity contribution in [3.8, 4) is 0 Å². The Kier molecular flexibility index (Phi) is 5.58. The van der Waals surface area contributed by atoms with Crippen LogP contribution in [-0.2, 0) is 16.1 Å². The molecule has 3 aromatic rings. The summed E-state index contributed by atoms with van der Waals surface area (Å²) >= 11 is 0. The van der Waals surface area contributed by atoms with Gasteiger partial charge in [-0.25, -0.2) is 4.79 Å². The van der Waals surface area contributed by atoms with Gasteiger partial charge in [-0.3, -0.25) is 9.69 Å². The van der Waals surface area contributed by atoms with Crippen molar-refractivity contribution in [2.75, 3.05) is 13.1 Å². The van der Waals surface area contributed by atoms with Crippen LogP contribution in [0.25, 0.3) is 10.8 Å². The number of amides is 1. The number of fused-ring (bicyclic) bond motifs is 1. The highest BCUT2D eigenvalue weighted by Gasteiger charge is 2.36. The van der Waals surface area contributed by atoms with Crippen LogP contribution >= 0.6 is 0 Å². The molecule has 0 saturated carbocycles. The molecule has 2 N–H and O–H groups in total. The largest absolute Gasteiger partial charge is 0.457 e. The molecule has 0 bridgehead atoms. The molecule has 148 valence electrons. The molecule has 1 aliphatic heterocycles. The van der Waals surface area contributed by atoms with Crippen LogP contribution in [0.1, 0.15) is 22.3 Å². The number of carbonyl (C=O) groups excluding carboxylic acids is 2. The van der Waals surface area contributed by atoms with E-state index in [-0.39, 0.29) is 30.3 Å². The van der Waals surface area contributed by atoms with Gasteiger partial charge in [0.25, 0.3) is 0 Å². The summed E-state index contributed by atoms with van der Waals surface area (Å²) in [4.78, 5) is 26.3. The molecule has 1 amide bonds. The van der Waals surface area contributed by atoms with Gasteiger partial charge in [-0.2, -0.15) is 0 Å². The monoisotopic (exact) mass is 388 g/mol. The highest BCUT2D eigenvalue weighted by atomic mass is 16.5. The van der Waals surface area contributed by atoms with Gasteiger partial charge in [0.05, 0.1) is 5.56 Å². The Labute approximate surface area is 170 Å². The van der Waals surface area contributed by atoms with E-state index in [9.17, 15) is 9.59 Å². The van der Waals surface area contributed by atoms with Gasteiger partial charge < -0.3 is 10.5 Å². The Balaban J connectivity index is 1.50. The number of esters is 1. The Morgan fingerprint density at radius 2 is 1.66 bits per heavy atom. The lowest BCUT2D eigenvalue weighted by molar-refractivity contribution is -0.119. The van der Waals surface area contributed by atoms with Gasteiger partial charge in [0.15, 0.2) is 0 Å². The maximum atomic E-state index is 12.5. The summed E-state index contributed by atoms with van der Waals surface area (Å²) in [7, 11) is 0. The van der Waals surface area contributed by atoms with E-state index in [0.29, 0.717) is 18.7 Å². The van der Waals surface area contributed by atoms with Crippen LogP contribution in [0.4, 0.5) is 0 Å². The zero-order chi connectivity index (χ0) is 20.2. The van der Waals surface area contributed by atoms with Crippen molar-refractivity contribution in [2.45, 2.75) is 19.1 Å². The summed E-state index contributed by atoms with van der Waals surface area (Å²) in [5, 5.41) is 2.41. The number of benzene rings is 3. The predicted octanol–water partition coefficient (Wildman–Crippen LogP) is 3.37. The van der Waals surface area contributed by atoms with Crippen molar-refractivity contribution in [3.63, 3.8) is 0 Å². The maximum Gasteiger partial charge on any atom is 0.338 e. The molecule has 1 saturated heterocycles. The first-order valence-corrected chi connectivity index (χ1v) is 9.83. The first-order valence-electron chi connectivity index (χ1n) is 9.83. The molecule has 29 heavy (non-hydrogen) atoms. The van der Waals surface area contributed by atoms with Gasteiger partial charge in [-0.15, -0.1) is 0 Å². The number of nitrogens with two attached hydrogens (primary N) is 1. The Hall–Kier alpha value is -3.18. The number of rotatable bonds is 6. The zero-order valence-corrected chi connectivity index (χ0v) is 16.2. The van der Waals surface area contributed by atoms with Crippen molar-refractivity contribution in [2.24, 2.45) is 11.7 Å². The van der Waals surface area contributed by atoms with Crippen LogP contribution in [-0.4, -0.2) is 36.0 Å². The van der Waals surface area contributed by atoms with E-state index < -0.39 is 0 Å². The van der Waals surface area contributed by atoms with E-state index in [4.69, 9.17) is 10.5 Å². The molecule has 0 aromatic heterocycles. The van der Waals surface area contributed by atoms with Gasteiger partial charge in [-0.1, -0.05) is 60.7 Å². The van der Waals surface area contributed by atoms with E-state index >= 15 is 0 Å². The quantitative estimate of drug-likeness (QED) is 0.657. The molecule has 1 aliphatic rings. The summed E-state index contributed by atoms with van der Waals surface area (Å²) < 4.78 is 5.78. The number of hydrogen-bond donors (Lipinski definition) is 1. The normalized spacial score (nSPS) is 19.3. The minimum absolute atomic E-state index is 0.102. The van der Waals surface area contributed by atoms with Crippen molar-refractivity contribution in [3.05, 3.63) is 83.9 Å². The third-order valence-electron chi connectivity index (χ3n) is 5.46. The average molecular weight is 388 g/mol. The second-order valence-electron chi connectivity index (χ2n) is 7.57. The fourth-order valence-corrected chi connectivity index (χ4v) is 4.10. The molecule has 3 aromatic carbocycles. The second kappa shape index (κ2) is 8.45. The summed E-state index contributed by atoms with van der Waals surface area (Å²) in [5.41, 5.74) is 7.18. The lowest BCUT2D eigenvalue weighted by atomic mass is 10.0. The van der Waals surface area contributed by atoms with Gasteiger partial charge >= 0.3 is 5.97 Å². The third kappa shape index (κ3) is 4.46. The van der Waals surface area contributed by atoms with Crippen LogP contribution in [0.5, 0.6) is 0 Å². The van der Waals surface area contributed by atoms with E-state index in [2.05, 4.69) is 35.2 Å². The zero-order valence-electron chi connectivity index (χ0n) is 16.2. The molecular formula is C24H24N2O3. The minimum Gasteiger partial charge on any atom is -0.457 e. The smallest absolute Gasteiger partial charge is 0.338 e. The van der Waals surface area contributed by atoms with Crippen molar-refractivity contribution in [1.29, 1.82) is 0 Å². The van der Waals surface area contributed by atoms with Crippen LogP contribution in [0, 0.1) is 5.92 Å². The summed E-state index contributed by atoms with van der Waals surface area (Å²) in [6.07, 6.45) is -0.149. The molecule has 5 nitrogen and oxygen atoms in total. The second-order valence-corrected chi connectivity index (χ2v) is 7.57. The Morgan fingerprint density at radius 3 is 2.45 bits per heavy atom. The Bertz CT molecular complexity index is 1010. The molecule has 0 aliphatic carbocycles. The van der Waals surface area contributed by atoms with Gasteiger partial charge in [-0.05, 0) is 28.5 Å². The average Bonchev–Trinajstić information content (AvgIpc) is 3.09. The predicted molar refractivity (Wildman–Crippen MR) is 112 cm³/mol. The van der Waals surface area contributed by atoms with Crippen LogP contribution in [0.2, 0.25) is 0 Å². The number of ether oxygens (including phenoxy) is 1. The summed E-state index contributed by atoms with van der Waals surface area (Å²) in [6.45, 7) is 1.98. The standard InChI is InChI=1S/C24H24N2O3/c25-23(27)13-20-15-26(14-19-11-6-10-17-7-4-5-12-21(17)19)16-22(20)29-24(28)18-8-2-1-3-9-18/h1-12,20,22H,13-16H2,(H2,25,27)/t20-,22+/m0/s1. The first kappa shape index (κ1) is 19.2. The number of carbonyl (C=O) groups is 2. The van der Waals surface area contributed by atoms with Crippen molar-refractivity contribution < 1.29 is 14.3 Å². The maximum absolute atomic E-state index is 12.5. The molecule has 0 radical (unpaired) electrons. The lowest BCUT2D eigenvalue weighted by Crippen LogP contribution is -2.29. The lowest BCUT2D eigenvalue weighted by Gasteiger charge is -2.18. The van der Waals surface area contributed by atoms with Gasteiger partial charge in [0, 0.05) is 32.0 Å². The van der Waals surface area contributed by atoms with Crippen molar-refractivity contribution >= 4 is 22.6 Å². The molecule has 4 rings (SSSR count). The third-order valence-corrected chi connectivity index (χ3v) is 5.46. The SMILES string of the molecule is NC(=O)C[C@H]1CN(Cc2cccc3ccccc23)C[C@H]1OC(=O)c1ccccc1. The van der Waals surface area contributed by atoms with Gasteiger partial charge in [0.1, 0.15) is 6.10 Å². The van der Waals surface area contributed by atoms with Crippen molar-refractivity contribution in [1.82, 2.24) is 4.90 Å². The first-order chi connectivity index (χ1) is 14.1. The molecule has 0 spiro atoms. The Morgan fingerprint density at radius 1 is 0.931 bits per heavy atom. The molecule has 0 unspecified atom stereocenters. The fraction of sp³-hybridized carbons (Fsp3) is 0.250. The summed E-state index contributed by atoms with van der Waals surface area (Å²) in [5.74, 6) is -0.838. The highest BCUT2D eigenvalue weighted by Crippen LogP contribution is 2.27. The number of nitrogens with zero attached hydrogens (tertiary/aromatic N) is 1. The number of primary amides is 1. The summed E-state index contributed by atoms with van der Waals surface area (Å²) in [6, 6.07) is 23.5. The molecule has 2 atom stereocenters. The minimum atomic E-state index is -0.372. The number of hydrogen-bond acceptors (Lipinski definition) is 4. The topological polar surface area (TPSA) is 72.6 Å². The van der Waals surface area contributed by atoms with E-state index in [1.54, 1.807) is 24.3 Å². The fourth-order valence-electron chi connectivity index (χ4n) is 4.10. The van der Waals surface area contributed by atoms with Gasteiger partial charge in [0.2, 0.25) is 5.91 Å². The van der Waals surface area contributed by atoms with E-state index in [0.717, 1.165) is 6.54 Å². The number of likely N-dealkylation sites (tertiary alicyclic amines) is 1. The molecule has 1 heterocycles. The molecular weight excluding hydrogens is 364 g/mol. The molecule has 5 heteroatoms. The molecule has 1 fully saturated rings. The van der Waals surface area contributed by atoms with Crippen LogP contribution in [0.3, 0.4) is 0 Å². The highest BCUT2D eigenvalue weighted by molar-refractivity contribution is 5.89. The van der Waals surface area contributed by atoms with E-state index in [1.807, 2.05) is 18.2 Å².